The van der Waals surface area contributed by atoms with Crippen LogP contribution in [-0.4, -0.2) is 21.9 Å². The minimum absolute atomic E-state index is 0.0418. The Hall–Kier alpha value is -1.81. The molecule has 5 heteroatoms. The van der Waals surface area contributed by atoms with Crippen LogP contribution in [0.2, 0.25) is 5.15 Å². The van der Waals surface area contributed by atoms with E-state index < -0.39 is 0 Å². The first kappa shape index (κ1) is 17.5. The molecule has 4 nitrogen and oxygen atoms in total. The van der Waals surface area contributed by atoms with Crippen molar-refractivity contribution in [2.24, 2.45) is 5.92 Å². The summed E-state index contributed by atoms with van der Waals surface area (Å²) in [5.74, 6) is 1.01. The van der Waals surface area contributed by atoms with Gasteiger partial charge in [-0.05, 0) is 44.4 Å². The van der Waals surface area contributed by atoms with E-state index in [0.29, 0.717) is 17.2 Å². The minimum atomic E-state index is -0.0474. The second-order valence-corrected chi connectivity index (χ2v) is 6.48. The number of carbonyl (C=O) groups is 1. The molecule has 23 heavy (non-hydrogen) atoms. The lowest BCUT2D eigenvalue weighted by Crippen LogP contribution is -2.13. The van der Waals surface area contributed by atoms with Gasteiger partial charge in [0.15, 0.2) is 17.5 Å². The van der Waals surface area contributed by atoms with Crippen LogP contribution >= 0.6 is 11.6 Å². The molecular weight excluding hydrogens is 312 g/mol. The maximum absolute atomic E-state index is 12.5. The topological polar surface area (TPSA) is 44.1 Å². The number of hydrogen-bond donors (Lipinski definition) is 0. The highest BCUT2D eigenvalue weighted by Crippen LogP contribution is 2.22. The molecule has 0 aliphatic carbocycles. The molecule has 2 rings (SSSR count). The van der Waals surface area contributed by atoms with E-state index in [1.54, 1.807) is 18.3 Å². The predicted molar refractivity (Wildman–Crippen MR) is 92.4 cm³/mol. The third-order valence-corrected chi connectivity index (χ3v) is 4.17. The van der Waals surface area contributed by atoms with Crippen LogP contribution in [0.1, 0.15) is 42.0 Å². The summed E-state index contributed by atoms with van der Waals surface area (Å²) in [6, 6.07) is 5.37. The van der Waals surface area contributed by atoms with E-state index in [0.717, 1.165) is 24.4 Å². The summed E-state index contributed by atoms with van der Waals surface area (Å²) in [6.07, 6.45) is 2.67. The average molecular weight is 335 g/mol. The van der Waals surface area contributed by atoms with E-state index in [1.807, 2.05) is 19.9 Å². The van der Waals surface area contributed by atoms with Gasteiger partial charge in [0, 0.05) is 29.7 Å². The zero-order valence-electron chi connectivity index (χ0n) is 14.1. The van der Waals surface area contributed by atoms with Crippen LogP contribution < -0.4 is 4.74 Å². The van der Waals surface area contributed by atoms with E-state index in [-0.39, 0.29) is 17.5 Å². The summed E-state index contributed by atoms with van der Waals surface area (Å²) < 4.78 is 7.70. The van der Waals surface area contributed by atoms with Gasteiger partial charge in [-0.15, -0.1) is 0 Å². The SMILES string of the molecule is Cc1cc(C(=O)COc2cccnc2Cl)c(C)n1CCC(C)C. The van der Waals surface area contributed by atoms with Crippen molar-refractivity contribution in [2.75, 3.05) is 6.61 Å². The van der Waals surface area contributed by atoms with Crippen molar-refractivity contribution >= 4 is 17.4 Å². The highest BCUT2D eigenvalue weighted by Gasteiger charge is 2.17. The van der Waals surface area contributed by atoms with Crippen LogP contribution in [0.4, 0.5) is 0 Å². The van der Waals surface area contributed by atoms with E-state index in [9.17, 15) is 4.79 Å². The van der Waals surface area contributed by atoms with Gasteiger partial charge in [-0.25, -0.2) is 4.98 Å². The van der Waals surface area contributed by atoms with Gasteiger partial charge in [-0.2, -0.15) is 0 Å². The largest absolute Gasteiger partial charge is 0.482 e. The third-order valence-electron chi connectivity index (χ3n) is 3.89. The number of carbonyl (C=O) groups excluding carboxylic acids is 1. The molecule has 0 amide bonds. The maximum Gasteiger partial charge on any atom is 0.202 e. The number of ketones is 1. The average Bonchev–Trinajstić information content (AvgIpc) is 2.79. The molecule has 0 aliphatic heterocycles. The van der Waals surface area contributed by atoms with Crippen molar-refractivity contribution in [1.29, 1.82) is 0 Å². The fraction of sp³-hybridized carbons (Fsp3) is 0.444. The number of rotatable bonds is 7. The number of aryl methyl sites for hydroxylation is 1. The van der Waals surface area contributed by atoms with Gasteiger partial charge in [0.1, 0.15) is 0 Å². The summed E-state index contributed by atoms with van der Waals surface area (Å²) >= 11 is 5.93. The van der Waals surface area contributed by atoms with E-state index in [4.69, 9.17) is 16.3 Å². The Labute approximate surface area is 142 Å². The zero-order valence-corrected chi connectivity index (χ0v) is 14.9. The van der Waals surface area contributed by atoms with Gasteiger partial charge < -0.3 is 9.30 Å². The summed E-state index contributed by atoms with van der Waals surface area (Å²) in [5.41, 5.74) is 2.81. The fourth-order valence-corrected chi connectivity index (χ4v) is 2.69. The van der Waals surface area contributed by atoms with Crippen molar-refractivity contribution in [3.8, 4) is 5.75 Å². The molecule has 2 aromatic rings. The molecule has 2 heterocycles. The van der Waals surface area contributed by atoms with Gasteiger partial charge in [0.25, 0.3) is 0 Å². The highest BCUT2D eigenvalue weighted by molar-refractivity contribution is 6.30. The van der Waals surface area contributed by atoms with E-state index in [2.05, 4.69) is 23.4 Å². The van der Waals surface area contributed by atoms with Crippen molar-refractivity contribution < 1.29 is 9.53 Å². The molecule has 0 bridgehead atoms. The molecular formula is C18H23ClN2O2. The Morgan fingerprint density at radius 3 is 2.78 bits per heavy atom. The molecule has 0 fully saturated rings. The first-order chi connectivity index (χ1) is 10.9. The van der Waals surface area contributed by atoms with Gasteiger partial charge in [-0.1, -0.05) is 25.4 Å². The number of nitrogens with zero attached hydrogens (tertiary/aromatic N) is 2. The van der Waals surface area contributed by atoms with Crippen LogP contribution in [0.15, 0.2) is 24.4 Å². The molecule has 0 aromatic carbocycles. The lowest BCUT2D eigenvalue weighted by atomic mass is 10.1. The quantitative estimate of drug-likeness (QED) is 0.554. The van der Waals surface area contributed by atoms with Crippen LogP contribution in [0.3, 0.4) is 0 Å². The number of hydrogen-bond acceptors (Lipinski definition) is 3. The molecule has 0 unspecified atom stereocenters. The summed E-state index contributed by atoms with van der Waals surface area (Å²) in [6.45, 7) is 9.30. The van der Waals surface area contributed by atoms with E-state index >= 15 is 0 Å². The summed E-state index contributed by atoms with van der Waals surface area (Å²) in [7, 11) is 0. The van der Waals surface area contributed by atoms with Crippen LogP contribution in [0.25, 0.3) is 0 Å². The number of pyridine rings is 1. The second-order valence-electron chi connectivity index (χ2n) is 6.12. The molecule has 0 aliphatic rings. The monoisotopic (exact) mass is 334 g/mol. The Morgan fingerprint density at radius 1 is 1.39 bits per heavy atom. The number of aromatic nitrogens is 2. The Morgan fingerprint density at radius 2 is 2.13 bits per heavy atom. The first-order valence-corrected chi connectivity index (χ1v) is 8.21. The standard InChI is InChI=1S/C18H23ClN2O2/c1-12(2)7-9-21-13(3)10-15(14(21)4)16(22)11-23-17-6-5-8-20-18(17)19/h5-6,8,10,12H,7,9,11H2,1-4H3. The zero-order chi connectivity index (χ0) is 17.0. The smallest absolute Gasteiger partial charge is 0.202 e. The van der Waals surface area contributed by atoms with E-state index in [1.165, 1.54) is 0 Å². The Kier molecular flexibility index (Phi) is 5.83. The first-order valence-electron chi connectivity index (χ1n) is 7.83. The molecule has 124 valence electrons. The van der Waals surface area contributed by atoms with Gasteiger partial charge in [0.2, 0.25) is 5.78 Å². The van der Waals surface area contributed by atoms with Crippen LogP contribution in [0, 0.1) is 19.8 Å². The lowest BCUT2D eigenvalue weighted by molar-refractivity contribution is 0.0920. The Bertz CT molecular complexity index is 692. The Balaban J connectivity index is 2.08. The predicted octanol–water partition coefficient (Wildman–Crippen LogP) is 4.46. The number of Topliss-reactive ketones (excluding diaryl/α,β-unsaturated/α-hetero) is 1. The molecule has 0 saturated heterocycles. The lowest BCUT2D eigenvalue weighted by Gasteiger charge is -2.11. The number of halogens is 1. The van der Waals surface area contributed by atoms with Gasteiger partial charge >= 0.3 is 0 Å². The minimum Gasteiger partial charge on any atom is -0.482 e. The van der Waals surface area contributed by atoms with Crippen molar-refractivity contribution in [3.63, 3.8) is 0 Å². The van der Waals surface area contributed by atoms with Crippen molar-refractivity contribution in [2.45, 2.75) is 40.7 Å². The fourth-order valence-electron chi connectivity index (χ4n) is 2.51. The summed E-state index contributed by atoms with van der Waals surface area (Å²) in [5, 5.41) is 0.266. The van der Waals surface area contributed by atoms with Crippen molar-refractivity contribution in [1.82, 2.24) is 9.55 Å². The molecule has 0 N–H and O–H groups in total. The third kappa shape index (κ3) is 4.35. The second kappa shape index (κ2) is 7.64. The molecule has 0 spiro atoms. The van der Waals surface area contributed by atoms with Gasteiger partial charge in [0.05, 0.1) is 0 Å². The normalized spacial score (nSPS) is 11.0. The van der Waals surface area contributed by atoms with Crippen LogP contribution in [0.5, 0.6) is 5.75 Å². The molecule has 2 aromatic heterocycles. The van der Waals surface area contributed by atoms with Crippen LogP contribution in [-0.2, 0) is 6.54 Å². The van der Waals surface area contributed by atoms with Crippen molar-refractivity contribution in [3.05, 3.63) is 46.5 Å². The number of ether oxygens (including phenoxy) is 1. The van der Waals surface area contributed by atoms with Gasteiger partial charge in [-0.3, -0.25) is 4.79 Å². The molecule has 0 saturated carbocycles. The molecule has 0 atom stereocenters. The maximum atomic E-state index is 12.5. The summed E-state index contributed by atoms with van der Waals surface area (Å²) in [4.78, 5) is 16.4. The highest BCUT2D eigenvalue weighted by atomic mass is 35.5. The molecule has 0 radical (unpaired) electrons.